The molecule has 0 unspecified atom stereocenters. The van der Waals surface area contributed by atoms with Gasteiger partial charge in [-0.25, -0.2) is 13.4 Å². The van der Waals surface area contributed by atoms with Gasteiger partial charge in [-0.15, -0.1) is 0 Å². The van der Waals surface area contributed by atoms with Crippen LogP contribution in [0.3, 0.4) is 0 Å². The molecule has 0 radical (unpaired) electrons. The number of aromatic nitrogens is 1. The third-order valence-electron chi connectivity index (χ3n) is 5.69. The molecule has 6 nitrogen and oxygen atoms in total. The fourth-order valence-electron chi connectivity index (χ4n) is 3.66. The van der Waals surface area contributed by atoms with Crippen molar-refractivity contribution in [2.45, 2.75) is 24.4 Å². The molecule has 12 heteroatoms. The minimum absolute atomic E-state index is 0.00634. The predicted octanol–water partition coefficient (Wildman–Crippen LogP) is 6.69. The van der Waals surface area contributed by atoms with Crippen molar-refractivity contribution < 1.29 is 31.2 Å². The number of carbonyl (C=O) groups is 2. The van der Waals surface area contributed by atoms with Gasteiger partial charge in [-0.1, -0.05) is 66.3 Å². The third kappa shape index (κ3) is 6.55. The molecule has 1 heterocycles. The first-order valence-electron chi connectivity index (χ1n) is 11.5. The van der Waals surface area contributed by atoms with Gasteiger partial charge in [-0.05, 0) is 42.0 Å². The summed E-state index contributed by atoms with van der Waals surface area (Å²) in [5.41, 5.74) is -0.228. The first kappa shape index (κ1) is 28.5. The van der Waals surface area contributed by atoms with Crippen LogP contribution >= 0.6 is 22.9 Å². The van der Waals surface area contributed by atoms with E-state index in [4.69, 9.17) is 11.6 Å². The number of thiazole rings is 1. The SMILES string of the molecule is CCS(=O)(=O)c1ccc(CC(=O)Nc2nc(-c3cccc(C(F)(F)F)c3)c(C(=O)c3ccccc3Cl)s2)cc1. The molecule has 0 spiro atoms. The smallest absolute Gasteiger partial charge is 0.302 e. The van der Waals surface area contributed by atoms with Crippen molar-refractivity contribution in [3.8, 4) is 11.3 Å². The lowest BCUT2D eigenvalue weighted by atomic mass is 10.0. The summed E-state index contributed by atoms with van der Waals surface area (Å²) in [5.74, 6) is -1.12. The number of halogens is 4. The topological polar surface area (TPSA) is 93.2 Å². The molecule has 0 saturated heterocycles. The number of hydrogen-bond donors (Lipinski definition) is 1. The van der Waals surface area contributed by atoms with Crippen molar-refractivity contribution in [2.24, 2.45) is 0 Å². The number of benzene rings is 3. The van der Waals surface area contributed by atoms with E-state index in [-0.39, 0.29) is 48.9 Å². The minimum Gasteiger partial charge on any atom is -0.302 e. The average molecular weight is 593 g/mol. The summed E-state index contributed by atoms with van der Waals surface area (Å²) in [6, 6.07) is 16.5. The molecule has 0 bridgehead atoms. The molecule has 0 aliphatic heterocycles. The van der Waals surface area contributed by atoms with Crippen LogP contribution < -0.4 is 5.32 Å². The number of hydrogen-bond acceptors (Lipinski definition) is 6. The first-order valence-corrected chi connectivity index (χ1v) is 14.3. The van der Waals surface area contributed by atoms with E-state index in [1.807, 2.05) is 0 Å². The quantitative estimate of drug-likeness (QED) is 0.230. The van der Waals surface area contributed by atoms with Gasteiger partial charge in [0, 0.05) is 11.1 Å². The molecule has 1 N–H and O–H groups in total. The number of rotatable bonds is 8. The summed E-state index contributed by atoms with van der Waals surface area (Å²) in [6.07, 6.45) is -4.74. The van der Waals surface area contributed by atoms with Crippen molar-refractivity contribution in [1.29, 1.82) is 0 Å². The Labute approximate surface area is 231 Å². The highest BCUT2D eigenvalue weighted by atomic mass is 35.5. The molecule has 0 atom stereocenters. The van der Waals surface area contributed by atoms with E-state index in [0.29, 0.717) is 5.56 Å². The van der Waals surface area contributed by atoms with E-state index in [9.17, 15) is 31.2 Å². The molecule has 0 aliphatic rings. The van der Waals surface area contributed by atoms with Crippen molar-refractivity contribution in [2.75, 3.05) is 11.1 Å². The summed E-state index contributed by atoms with van der Waals surface area (Å²) in [7, 11) is -3.39. The van der Waals surface area contributed by atoms with Crippen LogP contribution in [0, 0.1) is 0 Å². The molecular formula is C27H20ClF3N2O4S2. The van der Waals surface area contributed by atoms with E-state index >= 15 is 0 Å². The fourth-order valence-corrected chi connectivity index (χ4v) is 5.73. The van der Waals surface area contributed by atoms with Gasteiger partial charge in [0.05, 0.1) is 33.3 Å². The van der Waals surface area contributed by atoms with Crippen LogP contribution in [0.5, 0.6) is 0 Å². The normalized spacial score (nSPS) is 11.8. The number of alkyl halides is 3. The van der Waals surface area contributed by atoms with Crippen LogP contribution in [-0.4, -0.2) is 30.8 Å². The monoisotopic (exact) mass is 592 g/mol. The van der Waals surface area contributed by atoms with Crippen molar-refractivity contribution in [1.82, 2.24) is 4.98 Å². The van der Waals surface area contributed by atoms with Gasteiger partial charge in [0.15, 0.2) is 15.0 Å². The number of nitrogens with one attached hydrogen (secondary N) is 1. The Kier molecular flexibility index (Phi) is 8.24. The Balaban J connectivity index is 1.66. The van der Waals surface area contributed by atoms with Crippen LogP contribution in [0.25, 0.3) is 11.3 Å². The molecule has 0 saturated carbocycles. The Bertz CT molecular complexity index is 1650. The van der Waals surface area contributed by atoms with Gasteiger partial charge in [0.1, 0.15) is 4.88 Å². The second kappa shape index (κ2) is 11.3. The summed E-state index contributed by atoms with van der Waals surface area (Å²) < 4.78 is 64.1. The molecule has 1 aromatic heterocycles. The van der Waals surface area contributed by atoms with Gasteiger partial charge in [-0.2, -0.15) is 13.2 Å². The largest absolute Gasteiger partial charge is 0.416 e. The molecule has 4 rings (SSSR count). The van der Waals surface area contributed by atoms with Gasteiger partial charge in [0.25, 0.3) is 0 Å². The Morgan fingerprint density at radius 3 is 2.33 bits per heavy atom. The minimum atomic E-state index is -4.61. The molecule has 0 aliphatic carbocycles. The fraction of sp³-hybridized carbons (Fsp3) is 0.148. The zero-order valence-electron chi connectivity index (χ0n) is 20.3. The Morgan fingerprint density at radius 2 is 1.69 bits per heavy atom. The number of sulfone groups is 1. The molecule has 1 amide bonds. The second-order valence-corrected chi connectivity index (χ2v) is 12.0. The van der Waals surface area contributed by atoms with Crippen LogP contribution in [-0.2, 0) is 27.2 Å². The van der Waals surface area contributed by atoms with E-state index in [1.165, 1.54) is 55.5 Å². The Hall–Kier alpha value is -3.54. The van der Waals surface area contributed by atoms with Gasteiger partial charge < -0.3 is 5.32 Å². The molecular weight excluding hydrogens is 573 g/mol. The summed E-state index contributed by atoms with van der Waals surface area (Å²) >= 11 is 7.00. The predicted molar refractivity (Wildman–Crippen MR) is 144 cm³/mol. The van der Waals surface area contributed by atoms with Crippen LogP contribution in [0.2, 0.25) is 5.02 Å². The van der Waals surface area contributed by atoms with Gasteiger partial charge in [0.2, 0.25) is 11.7 Å². The highest BCUT2D eigenvalue weighted by molar-refractivity contribution is 7.91. The summed E-state index contributed by atoms with van der Waals surface area (Å²) in [4.78, 5) is 30.6. The number of ketones is 1. The van der Waals surface area contributed by atoms with E-state index in [2.05, 4.69) is 10.3 Å². The highest BCUT2D eigenvalue weighted by Crippen LogP contribution is 2.37. The summed E-state index contributed by atoms with van der Waals surface area (Å²) in [5, 5.41) is 2.75. The zero-order valence-corrected chi connectivity index (χ0v) is 22.6. The molecule has 39 heavy (non-hydrogen) atoms. The number of anilines is 1. The lowest BCUT2D eigenvalue weighted by Crippen LogP contribution is -2.14. The maximum absolute atomic E-state index is 13.4. The number of carbonyl (C=O) groups excluding carboxylic acids is 2. The zero-order chi connectivity index (χ0) is 28.4. The molecule has 3 aromatic carbocycles. The summed E-state index contributed by atoms with van der Waals surface area (Å²) in [6.45, 7) is 1.53. The van der Waals surface area contributed by atoms with E-state index in [1.54, 1.807) is 12.1 Å². The number of nitrogens with zero attached hydrogens (tertiary/aromatic N) is 1. The highest BCUT2D eigenvalue weighted by Gasteiger charge is 2.31. The van der Waals surface area contributed by atoms with Crippen molar-refractivity contribution >= 4 is 49.6 Å². The van der Waals surface area contributed by atoms with Crippen LogP contribution in [0.15, 0.2) is 77.7 Å². The standard InChI is InChI=1S/C27H20ClF3N2O4S2/c1-2-39(36,37)19-12-10-16(11-13-19)14-22(34)32-26-33-23(17-6-5-7-18(15-17)27(29,30)31)25(38-26)24(35)20-8-3-4-9-21(20)28/h3-13,15H,2,14H2,1H3,(H,32,33,34). The van der Waals surface area contributed by atoms with Crippen LogP contribution in [0.4, 0.5) is 18.3 Å². The van der Waals surface area contributed by atoms with Crippen LogP contribution in [0.1, 0.15) is 33.3 Å². The van der Waals surface area contributed by atoms with Crippen molar-refractivity contribution in [3.63, 3.8) is 0 Å². The van der Waals surface area contributed by atoms with E-state index < -0.39 is 33.3 Å². The van der Waals surface area contributed by atoms with Gasteiger partial charge >= 0.3 is 6.18 Å². The van der Waals surface area contributed by atoms with Gasteiger partial charge in [-0.3, -0.25) is 9.59 Å². The maximum atomic E-state index is 13.4. The second-order valence-electron chi connectivity index (χ2n) is 8.36. The molecule has 0 fully saturated rings. The Morgan fingerprint density at radius 1 is 1.00 bits per heavy atom. The third-order valence-corrected chi connectivity index (χ3v) is 8.74. The molecule has 202 valence electrons. The lowest BCUT2D eigenvalue weighted by Gasteiger charge is -2.09. The maximum Gasteiger partial charge on any atom is 0.416 e. The lowest BCUT2D eigenvalue weighted by molar-refractivity contribution is -0.137. The van der Waals surface area contributed by atoms with Crippen molar-refractivity contribution in [3.05, 3.63) is 99.4 Å². The molecule has 4 aromatic rings. The number of amides is 1. The average Bonchev–Trinajstić information content (AvgIpc) is 3.32. The first-order chi connectivity index (χ1) is 18.4. The van der Waals surface area contributed by atoms with E-state index in [0.717, 1.165) is 23.5 Å².